The van der Waals surface area contributed by atoms with Crippen molar-refractivity contribution in [2.75, 3.05) is 5.32 Å². The highest BCUT2D eigenvalue weighted by Crippen LogP contribution is 2.13. The summed E-state index contributed by atoms with van der Waals surface area (Å²) in [6.07, 6.45) is 1.64. The largest absolute Gasteiger partial charge is 0.328 e. The fourth-order valence-electron chi connectivity index (χ4n) is 1.03. The van der Waals surface area contributed by atoms with Gasteiger partial charge in [0.1, 0.15) is 0 Å². The van der Waals surface area contributed by atoms with Crippen molar-refractivity contribution in [3.63, 3.8) is 0 Å². The number of anilines is 1. The molecule has 0 fully saturated rings. The highest BCUT2D eigenvalue weighted by Gasteiger charge is 1.95. The van der Waals surface area contributed by atoms with E-state index in [0.717, 1.165) is 12.1 Å². The molecule has 2 nitrogen and oxygen atoms in total. The standard InChI is InChI=1S/C9H11NO.2C2H6/c1-2-8-5-3-4-6-9(8)10-7-11;2*1-2/h3-7H,2H2,1H3,(H,10,11);2*1-2H3. The molecule has 15 heavy (non-hydrogen) atoms. The second-order valence-electron chi connectivity index (χ2n) is 2.27. The molecule has 0 bridgehead atoms. The normalized spacial score (nSPS) is 7.53. The molecule has 0 aliphatic heterocycles. The number of carbonyl (C=O) groups excluding carboxylic acids is 1. The van der Waals surface area contributed by atoms with Crippen LogP contribution in [0, 0.1) is 0 Å². The molecule has 1 amide bonds. The molecule has 0 saturated carbocycles. The van der Waals surface area contributed by atoms with E-state index in [9.17, 15) is 4.79 Å². The van der Waals surface area contributed by atoms with E-state index >= 15 is 0 Å². The van der Waals surface area contributed by atoms with Crippen LogP contribution in [0.2, 0.25) is 0 Å². The zero-order valence-electron chi connectivity index (χ0n) is 10.5. The number of nitrogens with one attached hydrogen (secondary N) is 1. The molecular weight excluding hydrogens is 186 g/mol. The van der Waals surface area contributed by atoms with Gasteiger partial charge in [0.05, 0.1) is 0 Å². The van der Waals surface area contributed by atoms with E-state index in [1.54, 1.807) is 0 Å². The van der Waals surface area contributed by atoms with Gasteiger partial charge in [-0.1, -0.05) is 52.8 Å². The lowest BCUT2D eigenvalue weighted by molar-refractivity contribution is -0.105. The molecule has 0 aliphatic carbocycles. The minimum absolute atomic E-state index is 0.703. The summed E-state index contributed by atoms with van der Waals surface area (Å²) in [7, 11) is 0. The summed E-state index contributed by atoms with van der Waals surface area (Å²) >= 11 is 0. The summed E-state index contributed by atoms with van der Waals surface area (Å²) in [5.41, 5.74) is 2.07. The molecule has 0 saturated heterocycles. The Morgan fingerprint density at radius 3 is 2.13 bits per heavy atom. The van der Waals surface area contributed by atoms with E-state index in [1.165, 1.54) is 5.56 Å². The first-order valence-corrected chi connectivity index (χ1v) is 5.66. The molecule has 0 atom stereocenters. The van der Waals surface area contributed by atoms with Gasteiger partial charge in [-0.3, -0.25) is 4.79 Å². The van der Waals surface area contributed by atoms with Crippen molar-refractivity contribution in [3.8, 4) is 0 Å². The highest BCUT2D eigenvalue weighted by atomic mass is 16.1. The molecule has 0 spiro atoms. The quantitative estimate of drug-likeness (QED) is 0.752. The Hall–Kier alpha value is -1.31. The first-order chi connectivity index (χ1) is 7.38. The van der Waals surface area contributed by atoms with Crippen molar-refractivity contribution in [2.24, 2.45) is 0 Å². The average Bonchev–Trinajstić information content (AvgIpc) is 2.35. The zero-order valence-corrected chi connectivity index (χ0v) is 10.5. The molecule has 1 aromatic rings. The fourth-order valence-corrected chi connectivity index (χ4v) is 1.03. The molecule has 0 aliphatic rings. The van der Waals surface area contributed by atoms with Crippen LogP contribution in [0.15, 0.2) is 24.3 Å². The maximum atomic E-state index is 10.1. The summed E-state index contributed by atoms with van der Waals surface area (Å²) in [6.45, 7) is 10.1. The first kappa shape index (κ1) is 16.1. The van der Waals surface area contributed by atoms with Gasteiger partial charge < -0.3 is 5.32 Å². The third-order valence-electron chi connectivity index (χ3n) is 1.61. The minimum Gasteiger partial charge on any atom is -0.328 e. The van der Waals surface area contributed by atoms with Crippen LogP contribution in [0.4, 0.5) is 5.69 Å². The Labute approximate surface area is 93.7 Å². The lowest BCUT2D eigenvalue weighted by atomic mass is 10.1. The van der Waals surface area contributed by atoms with Crippen molar-refractivity contribution in [1.82, 2.24) is 0 Å². The Bertz CT molecular complexity index is 246. The predicted molar refractivity (Wildman–Crippen MR) is 68.2 cm³/mol. The van der Waals surface area contributed by atoms with Gasteiger partial charge >= 0.3 is 0 Å². The Balaban J connectivity index is 0. The van der Waals surface area contributed by atoms with Gasteiger partial charge in [0.2, 0.25) is 6.41 Å². The van der Waals surface area contributed by atoms with E-state index in [2.05, 4.69) is 12.2 Å². The Kier molecular flexibility index (Phi) is 13.6. The molecule has 0 radical (unpaired) electrons. The van der Waals surface area contributed by atoms with Crippen molar-refractivity contribution in [1.29, 1.82) is 0 Å². The van der Waals surface area contributed by atoms with Crippen molar-refractivity contribution in [3.05, 3.63) is 29.8 Å². The number of carbonyl (C=O) groups is 1. The van der Waals surface area contributed by atoms with Crippen molar-refractivity contribution >= 4 is 12.1 Å². The average molecular weight is 209 g/mol. The number of hydrogen-bond donors (Lipinski definition) is 1. The molecule has 1 aromatic carbocycles. The number of hydrogen-bond acceptors (Lipinski definition) is 1. The minimum atomic E-state index is 0.703. The monoisotopic (exact) mass is 209 g/mol. The molecule has 0 aromatic heterocycles. The number of aryl methyl sites for hydroxylation is 1. The van der Waals surface area contributed by atoms with Gasteiger partial charge in [-0.15, -0.1) is 0 Å². The van der Waals surface area contributed by atoms with Gasteiger partial charge in [0.15, 0.2) is 0 Å². The Morgan fingerprint density at radius 2 is 1.67 bits per heavy atom. The number of benzene rings is 1. The van der Waals surface area contributed by atoms with Crippen LogP contribution in [0.25, 0.3) is 0 Å². The van der Waals surface area contributed by atoms with E-state index in [-0.39, 0.29) is 0 Å². The van der Waals surface area contributed by atoms with E-state index in [0.29, 0.717) is 6.41 Å². The second kappa shape index (κ2) is 12.7. The lowest BCUT2D eigenvalue weighted by Crippen LogP contribution is -1.97. The van der Waals surface area contributed by atoms with Crippen LogP contribution in [0.5, 0.6) is 0 Å². The molecule has 0 heterocycles. The number of para-hydroxylation sites is 1. The SMILES string of the molecule is CC.CC.CCc1ccccc1NC=O. The lowest BCUT2D eigenvalue weighted by Gasteiger charge is -2.03. The van der Waals surface area contributed by atoms with Gasteiger partial charge in [0, 0.05) is 5.69 Å². The highest BCUT2D eigenvalue weighted by molar-refractivity contribution is 5.73. The van der Waals surface area contributed by atoms with Crippen LogP contribution >= 0.6 is 0 Å². The summed E-state index contributed by atoms with van der Waals surface area (Å²) < 4.78 is 0. The Morgan fingerprint density at radius 1 is 1.13 bits per heavy atom. The number of rotatable bonds is 3. The van der Waals surface area contributed by atoms with Crippen LogP contribution in [-0.4, -0.2) is 6.41 Å². The summed E-state index contributed by atoms with van der Waals surface area (Å²) in [5, 5.41) is 2.65. The summed E-state index contributed by atoms with van der Waals surface area (Å²) in [4.78, 5) is 10.1. The van der Waals surface area contributed by atoms with E-state index in [4.69, 9.17) is 0 Å². The zero-order chi connectivity index (χ0) is 12.1. The molecule has 86 valence electrons. The van der Waals surface area contributed by atoms with Crippen LogP contribution < -0.4 is 5.32 Å². The number of amides is 1. The fraction of sp³-hybridized carbons (Fsp3) is 0.462. The van der Waals surface area contributed by atoms with Gasteiger partial charge in [0.25, 0.3) is 0 Å². The third-order valence-corrected chi connectivity index (χ3v) is 1.61. The smallest absolute Gasteiger partial charge is 0.211 e. The maximum Gasteiger partial charge on any atom is 0.211 e. The summed E-state index contributed by atoms with van der Waals surface area (Å²) in [6, 6.07) is 7.78. The first-order valence-electron chi connectivity index (χ1n) is 5.66. The van der Waals surface area contributed by atoms with Crippen molar-refractivity contribution < 1.29 is 4.79 Å². The van der Waals surface area contributed by atoms with Crippen LogP contribution in [0.3, 0.4) is 0 Å². The van der Waals surface area contributed by atoms with Gasteiger partial charge in [-0.2, -0.15) is 0 Å². The molecular formula is C13H23NO. The van der Waals surface area contributed by atoms with Crippen LogP contribution in [0.1, 0.15) is 40.2 Å². The topological polar surface area (TPSA) is 29.1 Å². The van der Waals surface area contributed by atoms with Crippen molar-refractivity contribution in [2.45, 2.75) is 41.0 Å². The third kappa shape index (κ3) is 6.72. The van der Waals surface area contributed by atoms with Gasteiger partial charge in [-0.25, -0.2) is 0 Å². The van der Waals surface area contributed by atoms with E-state index in [1.807, 2.05) is 52.0 Å². The predicted octanol–water partition coefficient (Wildman–Crippen LogP) is 3.87. The molecule has 1 N–H and O–H groups in total. The molecule has 1 rings (SSSR count). The molecule has 0 unspecified atom stereocenters. The van der Waals surface area contributed by atoms with Crippen LogP contribution in [-0.2, 0) is 11.2 Å². The van der Waals surface area contributed by atoms with Gasteiger partial charge in [-0.05, 0) is 18.1 Å². The molecule has 2 heteroatoms. The van der Waals surface area contributed by atoms with E-state index < -0.39 is 0 Å². The maximum absolute atomic E-state index is 10.1. The second-order valence-corrected chi connectivity index (χ2v) is 2.27. The summed E-state index contributed by atoms with van der Waals surface area (Å²) in [5.74, 6) is 0.